The second kappa shape index (κ2) is 8.78. The van der Waals surface area contributed by atoms with Gasteiger partial charge < -0.3 is 14.2 Å². The second-order valence-electron chi connectivity index (χ2n) is 8.57. The molecule has 174 valence electrons. The van der Waals surface area contributed by atoms with E-state index < -0.39 is 11.8 Å². The zero-order chi connectivity index (χ0) is 24.7. The second-order valence-corrected chi connectivity index (χ2v) is 8.57. The number of aryl methyl sites for hydroxylation is 3. The SMILES string of the molecule is COC(=O)C1=C(C)N(c2ccc(F)cc2)/C(=C\c2cc(C)n(-c3cc(C)ccc3C)c2C)C1=O. The molecule has 1 aliphatic rings. The van der Waals surface area contributed by atoms with Crippen LogP contribution in [0.4, 0.5) is 10.1 Å². The monoisotopic (exact) mass is 458 g/mol. The molecular formula is C28H27FN2O3. The molecule has 0 bridgehead atoms. The Bertz CT molecular complexity index is 1380. The summed E-state index contributed by atoms with van der Waals surface area (Å²) >= 11 is 0. The van der Waals surface area contributed by atoms with E-state index in [0.29, 0.717) is 17.1 Å². The number of anilines is 1. The summed E-state index contributed by atoms with van der Waals surface area (Å²) in [7, 11) is 1.25. The van der Waals surface area contributed by atoms with Crippen molar-refractivity contribution in [2.75, 3.05) is 12.0 Å². The van der Waals surface area contributed by atoms with E-state index in [2.05, 4.69) is 36.6 Å². The number of hydrogen-bond acceptors (Lipinski definition) is 4. The summed E-state index contributed by atoms with van der Waals surface area (Å²) in [4.78, 5) is 27.5. The van der Waals surface area contributed by atoms with E-state index in [9.17, 15) is 14.0 Å². The van der Waals surface area contributed by atoms with E-state index in [0.717, 1.165) is 33.8 Å². The topological polar surface area (TPSA) is 51.5 Å². The van der Waals surface area contributed by atoms with Gasteiger partial charge in [-0.25, -0.2) is 9.18 Å². The Morgan fingerprint density at radius 3 is 2.29 bits per heavy atom. The van der Waals surface area contributed by atoms with Crippen molar-refractivity contribution in [1.29, 1.82) is 0 Å². The summed E-state index contributed by atoms with van der Waals surface area (Å²) in [5, 5.41) is 0. The molecule has 0 unspecified atom stereocenters. The number of allylic oxidation sites excluding steroid dienone is 2. The smallest absolute Gasteiger partial charge is 0.343 e. The minimum absolute atomic E-state index is 0.0265. The zero-order valence-corrected chi connectivity index (χ0v) is 20.2. The van der Waals surface area contributed by atoms with E-state index in [4.69, 9.17) is 4.74 Å². The number of esters is 1. The normalized spacial score (nSPS) is 15.0. The number of ether oxygens (including phenoxy) is 1. The van der Waals surface area contributed by atoms with Crippen LogP contribution < -0.4 is 4.90 Å². The molecule has 1 aliphatic heterocycles. The Morgan fingerprint density at radius 2 is 1.65 bits per heavy atom. The fourth-order valence-electron chi connectivity index (χ4n) is 4.49. The van der Waals surface area contributed by atoms with Crippen molar-refractivity contribution in [1.82, 2.24) is 4.57 Å². The van der Waals surface area contributed by atoms with Crippen LogP contribution in [-0.2, 0) is 14.3 Å². The Hall–Kier alpha value is -3.93. The fraction of sp³-hybridized carbons (Fsp3) is 0.214. The van der Waals surface area contributed by atoms with Crippen molar-refractivity contribution in [2.45, 2.75) is 34.6 Å². The first-order valence-electron chi connectivity index (χ1n) is 11.0. The highest BCUT2D eigenvalue weighted by Crippen LogP contribution is 2.36. The maximum atomic E-state index is 13.6. The van der Waals surface area contributed by atoms with E-state index in [1.807, 2.05) is 19.9 Å². The maximum Gasteiger partial charge on any atom is 0.343 e. The van der Waals surface area contributed by atoms with Gasteiger partial charge in [-0.1, -0.05) is 12.1 Å². The average Bonchev–Trinajstić information content (AvgIpc) is 3.21. The van der Waals surface area contributed by atoms with E-state index in [1.54, 1.807) is 30.0 Å². The van der Waals surface area contributed by atoms with Crippen molar-refractivity contribution in [3.05, 3.63) is 99.4 Å². The molecule has 2 aromatic carbocycles. The average molecular weight is 459 g/mol. The van der Waals surface area contributed by atoms with E-state index in [-0.39, 0.29) is 11.4 Å². The molecular weight excluding hydrogens is 431 g/mol. The molecule has 2 heterocycles. The Kier molecular flexibility index (Phi) is 6.00. The third-order valence-corrected chi connectivity index (χ3v) is 6.24. The fourth-order valence-corrected chi connectivity index (χ4v) is 4.49. The molecule has 0 saturated heterocycles. The van der Waals surface area contributed by atoms with Crippen LogP contribution in [0.15, 0.2) is 65.5 Å². The highest BCUT2D eigenvalue weighted by Gasteiger charge is 2.38. The van der Waals surface area contributed by atoms with Crippen LogP contribution in [0, 0.1) is 33.5 Å². The lowest BCUT2D eigenvalue weighted by atomic mass is 10.1. The lowest BCUT2D eigenvalue weighted by Crippen LogP contribution is -2.18. The Morgan fingerprint density at radius 1 is 0.971 bits per heavy atom. The molecule has 5 nitrogen and oxygen atoms in total. The molecule has 0 fully saturated rings. The summed E-state index contributed by atoms with van der Waals surface area (Å²) in [5.74, 6) is -1.50. The number of halogens is 1. The molecule has 3 aromatic rings. The molecule has 0 spiro atoms. The van der Waals surface area contributed by atoms with Gasteiger partial charge in [-0.15, -0.1) is 0 Å². The van der Waals surface area contributed by atoms with Gasteiger partial charge in [-0.2, -0.15) is 0 Å². The van der Waals surface area contributed by atoms with Crippen molar-refractivity contribution >= 4 is 23.5 Å². The number of methoxy groups -OCH3 is 1. The Balaban J connectivity index is 1.89. The number of carbonyl (C=O) groups is 2. The number of carbonyl (C=O) groups excluding carboxylic acids is 2. The van der Waals surface area contributed by atoms with Crippen molar-refractivity contribution < 1.29 is 18.7 Å². The highest BCUT2D eigenvalue weighted by molar-refractivity contribution is 6.30. The van der Waals surface area contributed by atoms with Crippen LogP contribution in [0.2, 0.25) is 0 Å². The molecule has 34 heavy (non-hydrogen) atoms. The highest BCUT2D eigenvalue weighted by atomic mass is 19.1. The quantitative estimate of drug-likeness (QED) is 0.285. The Labute approximate surface area is 198 Å². The number of Topliss-reactive ketones (excluding diaryl/α,β-unsaturated/α-hetero) is 1. The summed E-state index contributed by atoms with van der Waals surface area (Å²) in [6.45, 7) is 9.84. The third kappa shape index (κ3) is 3.85. The number of hydrogen-bond donors (Lipinski definition) is 0. The van der Waals surface area contributed by atoms with Gasteiger partial charge in [0.25, 0.3) is 0 Å². The minimum atomic E-state index is -0.695. The van der Waals surface area contributed by atoms with Crippen LogP contribution in [0.1, 0.15) is 35.0 Å². The molecule has 0 atom stereocenters. The molecule has 4 rings (SSSR count). The van der Waals surface area contributed by atoms with Crippen LogP contribution in [0.5, 0.6) is 0 Å². The lowest BCUT2D eigenvalue weighted by molar-refractivity contribution is -0.137. The van der Waals surface area contributed by atoms with E-state index >= 15 is 0 Å². The van der Waals surface area contributed by atoms with Gasteiger partial charge in [-0.05, 0) is 93.8 Å². The van der Waals surface area contributed by atoms with Crippen LogP contribution in [0.3, 0.4) is 0 Å². The molecule has 0 N–H and O–H groups in total. The van der Waals surface area contributed by atoms with Crippen molar-refractivity contribution in [3.63, 3.8) is 0 Å². The number of ketones is 1. The summed E-state index contributed by atoms with van der Waals surface area (Å²) in [6, 6.07) is 14.1. The first-order valence-corrected chi connectivity index (χ1v) is 11.0. The molecule has 0 aliphatic carbocycles. The van der Waals surface area contributed by atoms with Gasteiger partial charge in [0, 0.05) is 28.5 Å². The number of aromatic nitrogens is 1. The molecule has 1 aromatic heterocycles. The first kappa shape index (κ1) is 23.2. The first-order chi connectivity index (χ1) is 16.1. The zero-order valence-electron chi connectivity index (χ0n) is 20.2. The number of rotatable bonds is 4. The number of nitrogens with zero attached hydrogens (tertiary/aromatic N) is 2. The van der Waals surface area contributed by atoms with Gasteiger partial charge >= 0.3 is 5.97 Å². The third-order valence-electron chi connectivity index (χ3n) is 6.24. The van der Waals surface area contributed by atoms with Gasteiger partial charge in [-0.3, -0.25) is 4.79 Å². The number of benzene rings is 2. The lowest BCUT2D eigenvalue weighted by Gasteiger charge is -2.21. The molecule has 0 saturated carbocycles. The minimum Gasteiger partial charge on any atom is -0.465 e. The summed E-state index contributed by atoms with van der Waals surface area (Å²) in [6.07, 6.45) is 1.79. The summed E-state index contributed by atoms with van der Waals surface area (Å²) in [5.41, 5.74) is 7.53. The summed E-state index contributed by atoms with van der Waals surface area (Å²) < 4.78 is 20.6. The van der Waals surface area contributed by atoms with Crippen LogP contribution >= 0.6 is 0 Å². The van der Waals surface area contributed by atoms with Crippen molar-refractivity contribution in [3.8, 4) is 5.69 Å². The van der Waals surface area contributed by atoms with Gasteiger partial charge in [0.15, 0.2) is 0 Å². The largest absolute Gasteiger partial charge is 0.465 e. The molecule has 6 heteroatoms. The van der Waals surface area contributed by atoms with E-state index in [1.165, 1.54) is 19.2 Å². The standard InChI is InChI=1S/C28H27FN2O3/c1-16-7-8-17(2)24(13-16)30-18(3)14-21(19(30)4)15-25-27(32)26(28(33)34-6)20(5)31(25)23-11-9-22(29)10-12-23/h7-15H,1-6H3/b25-15-. The van der Waals surface area contributed by atoms with Crippen LogP contribution in [0.25, 0.3) is 11.8 Å². The van der Waals surface area contributed by atoms with Gasteiger partial charge in [0.2, 0.25) is 5.78 Å². The predicted molar refractivity (Wildman–Crippen MR) is 131 cm³/mol. The van der Waals surface area contributed by atoms with Crippen LogP contribution in [-0.4, -0.2) is 23.4 Å². The molecule has 0 radical (unpaired) electrons. The maximum absolute atomic E-state index is 13.6. The molecule has 0 amide bonds. The predicted octanol–water partition coefficient (Wildman–Crippen LogP) is 5.73. The van der Waals surface area contributed by atoms with Gasteiger partial charge in [0.05, 0.1) is 12.8 Å². The van der Waals surface area contributed by atoms with Crippen molar-refractivity contribution in [2.24, 2.45) is 0 Å². The van der Waals surface area contributed by atoms with Gasteiger partial charge in [0.1, 0.15) is 11.4 Å².